The summed E-state index contributed by atoms with van der Waals surface area (Å²) in [6.45, 7) is 1.92. The van der Waals surface area contributed by atoms with Crippen molar-refractivity contribution in [1.29, 1.82) is 0 Å². The number of rotatable bonds is 3. The van der Waals surface area contributed by atoms with E-state index in [4.69, 9.17) is 21.1 Å². The van der Waals surface area contributed by atoms with Gasteiger partial charge in [0.05, 0.1) is 22.6 Å². The van der Waals surface area contributed by atoms with Gasteiger partial charge in [0.25, 0.3) is 5.88 Å². The number of carbonyl (C=O) groups excluding carboxylic acids is 1. The fraction of sp³-hybridized carbons (Fsp3) is 0.200. The molecular weight excluding hydrogens is 324 g/mol. The quantitative estimate of drug-likeness (QED) is 0.366. The molecule has 1 aromatic carbocycles. The van der Waals surface area contributed by atoms with E-state index in [-0.39, 0.29) is 34.2 Å². The van der Waals surface area contributed by atoms with Crippen molar-refractivity contribution in [2.24, 2.45) is 0 Å². The summed E-state index contributed by atoms with van der Waals surface area (Å²) in [6, 6.07) is 6.09. The third kappa shape index (κ3) is 3.09. The molecular formula is C15H11ClN2O5. The number of halogens is 1. The van der Waals surface area contributed by atoms with Crippen LogP contribution in [0.3, 0.4) is 0 Å². The molecule has 2 aromatic rings. The maximum Gasteiger partial charge on any atom is 0.332 e. The van der Waals surface area contributed by atoms with Gasteiger partial charge in [-0.15, -0.1) is 0 Å². The number of aromatic nitrogens is 1. The number of esters is 1. The Kier molecular flexibility index (Phi) is 3.87. The van der Waals surface area contributed by atoms with Crippen molar-refractivity contribution in [2.75, 3.05) is 0 Å². The van der Waals surface area contributed by atoms with E-state index in [1.54, 1.807) is 12.1 Å². The van der Waals surface area contributed by atoms with Crippen LogP contribution in [0, 0.1) is 10.1 Å². The number of benzene rings is 1. The maximum absolute atomic E-state index is 11.5. The molecule has 0 saturated carbocycles. The van der Waals surface area contributed by atoms with Crippen LogP contribution < -0.4 is 9.47 Å². The molecule has 1 aliphatic rings. The average Bonchev–Trinajstić information content (AvgIpc) is 2.48. The van der Waals surface area contributed by atoms with Gasteiger partial charge in [0.2, 0.25) is 0 Å². The van der Waals surface area contributed by atoms with Crippen molar-refractivity contribution >= 4 is 23.3 Å². The Bertz CT molecular complexity index is 808. The highest BCUT2D eigenvalue weighted by atomic mass is 35.5. The van der Waals surface area contributed by atoms with Gasteiger partial charge in [-0.25, -0.2) is 4.98 Å². The highest BCUT2D eigenvalue weighted by molar-refractivity contribution is 6.30. The Labute approximate surface area is 136 Å². The highest BCUT2D eigenvalue weighted by Crippen LogP contribution is 2.38. The lowest BCUT2D eigenvalue weighted by Crippen LogP contribution is -2.18. The second kappa shape index (κ2) is 5.85. The summed E-state index contributed by atoms with van der Waals surface area (Å²) in [4.78, 5) is 25.8. The summed E-state index contributed by atoms with van der Waals surface area (Å²) in [5, 5.41) is 11.2. The molecule has 0 radical (unpaired) electrons. The number of nitrogens with zero attached hydrogens (tertiary/aromatic N) is 2. The second-order valence-electron chi connectivity index (χ2n) is 5.12. The fourth-order valence-electron chi connectivity index (χ4n) is 2.34. The van der Waals surface area contributed by atoms with Crippen molar-refractivity contribution in [3.8, 4) is 17.4 Å². The zero-order chi connectivity index (χ0) is 16.6. The summed E-state index contributed by atoms with van der Waals surface area (Å²) < 4.78 is 10.6. The lowest BCUT2D eigenvalue weighted by atomic mass is 9.95. The van der Waals surface area contributed by atoms with Crippen LogP contribution in [0.25, 0.3) is 0 Å². The van der Waals surface area contributed by atoms with Crippen LogP contribution in [0.2, 0.25) is 5.02 Å². The van der Waals surface area contributed by atoms with E-state index in [0.29, 0.717) is 12.2 Å². The summed E-state index contributed by atoms with van der Waals surface area (Å²) >= 11 is 5.71. The fourth-order valence-corrected chi connectivity index (χ4v) is 2.49. The van der Waals surface area contributed by atoms with Crippen LogP contribution in [0.5, 0.6) is 17.4 Å². The number of nitro groups is 1. The molecule has 2 heterocycles. The Morgan fingerprint density at radius 1 is 1.43 bits per heavy atom. The van der Waals surface area contributed by atoms with E-state index < -0.39 is 4.92 Å². The summed E-state index contributed by atoms with van der Waals surface area (Å²) in [5.74, 6) is 0.210. The van der Waals surface area contributed by atoms with Gasteiger partial charge in [-0.05, 0) is 17.5 Å². The summed E-state index contributed by atoms with van der Waals surface area (Å²) in [7, 11) is 0. The Morgan fingerprint density at radius 2 is 2.22 bits per heavy atom. The molecule has 8 heteroatoms. The second-order valence-corrected chi connectivity index (χ2v) is 5.55. The van der Waals surface area contributed by atoms with Crippen LogP contribution in [0.1, 0.15) is 24.8 Å². The summed E-state index contributed by atoms with van der Waals surface area (Å²) in [5.41, 5.74) is 0.538. The van der Waals surface area contributed by atoms with Gasteiger partial charge in [-0.2, -0.15) is 0 Å². The van der Waals surface area contributed by atoms with Gasteiger partial charge < -0.3 is 9.47 Å². The minimum absolute atomic E-state index is 0.0447. The normalized spacial score (nSPS) is 16.4. The van der Waals surface area contributed by atoms with E-state index in [1.807, 2.05) is 6.92 Å². The Hall–Kier alpha value is -2.67. The van der Waals surface area contributed by atoms with Crippen molar-refractivity contribution < 1.29 is 19.2 Å². The van der Waals surface area contributed by atoms with Crippen molar-refractivity contribution in [2.45, 2.75) is 19.3 Å². The van der Waals surface area contributed by atoms with E-state index in [1.165, 1.54) is 12.3 Å². The predicted octanol–water partition coefficient (Wildman–Crippen LogP) is 3.85. The van der Waals surface area contributed by atoms with E-state index in [0.717, 1.165) is 11.6 Å². The van der Waals surface area contributed by atoms with Crippen LogP contribution >= 0.6 is 11.6 Å². The van der Waals surface area contributed by atoms with Gasteiger partial charge in [-0.1, -0.05) is 24.6 Å². The molecule has 1 aromatic heterocycles. The standard InChI is InChI=1S/C15H11ClN2O5/c1-8-4-14(19)23-13-6-10(2-3-11(8)13)22-15-12(18(20)21)5-9(16)7-17-15/h2-3,5-8H,4H2,1H3. The Morgan fingerprint density at radius 3 is 2.96 bits per heavy atom. The van der Waals surface area contributed by atoms with Crippen molar-refractivity contribution in [1.82, 2.24) is 4.98 Å². The van der Waals surface area contributed by atoms with Gasteiger partial charge in [0, 0.05) is 12.1 Å². The molecule has 0 spiro atoms. The first-order chi connectivity index (χ1) is 10.9. The maximum atomic E-state index is 11.5. The number of carbonyl (C=O) groups is 1. The topological polar surface area (TPSA) is 91.6 Å². The predicted molar refractivity (Wildman–Crippen MR) is 81.1 cm³/mol. The molecule has 1 aliphatic heterocycles. The first kappa shape index (κ1) is 15.2. The van der Waals surface area contributed by atoms with Crippen LogP contribution in [0.15, 0.2) is 30.5 Å². The number of hydrogen-bond donors (Lipinski definition) is 0. The number of pyridine rings is 1. The number of ether oxygens (including phenoxy) is 2. The third-order valence-electron chi connectivity index (χ3n) is 3.42. The number of hydrogen-bond acceptors (Lipinski definition) is 6. The van der Waals surface area contributed by atoms with Crippen molar-refractivity contribution in [3.05, 3.63) is 51.2 Å². The highest BCUT2D eigenvalue weighted by Gasteiger charge is 2.25. The molecule has 23 heavy (non-hydrogen) atoms. The lowest BCUT2D eigenvalue weighted by molar-refractivity contribution is -0.386. The SMILES string of the molecule is CC1CC(=O)Oc2cc(Oc3ncc(Cl)cc3[N+](=O)[O-])ccc21. The molecule has 0 saturated heterocycles. The molecule has 0 amide bonds. The van der Waals surface area contributed by atoms with E-state index in [2.05, 4.69) is 4.98 Å². The molecule has 1 atom stereocenters. The summed E-state index contributed by atoms with van der Waals surface area (Å²) in [6.07, 6.45) is 1.57. The average molecular weight is 335 g/mol. The molecule has 1 unspecified atom stereocenters. The van der Waals surface area contributed by atoms with Crippen LogP contribution in [0.4, 0.5) is 5.69 Å². The minimum atomic E-state index is -0.630. The van der Waals surface area contributed by atoms with Gasteiger partial charge in [0.1, 0.15) is 11.5 Å². The Balaban J connectivity index is 1.94. The monoisotopic (exact) mass is 334 g/mol. The van der Waals surface area contributed by atoms with Crippen molar-refractivity contribution in [3.63, 3.8) is 0 Å². The smallest absolute Gasteiger partial charge is 0.332 e. The first-order valence-electron chi connectivity index (χ1n) is 6.76. The lowest BCUT2D eigenvalue weighted by Gasteiger charge is -2.21. The van der Waals surface area contributed by atoms with E-state index in [9.17, 15) is 14.9 Å². The molecule has 0 aliphatic carbocycles. The van der Waals surface area contributed by atoms with Crippen LogP contribution in [-0.4, -0.2) is 15.9 Å². The zero-order valence-corrected chi connectivity index (χ0v) is 12.7. The van der Waals surface area contributed by atoms with Gasteiger partial charge >= 0.3 is 11.7 Å². The molecule has 118 valence electrons. The third-order valence-corrected chi connectivity index (χ3v) is 3.63. The zero-order valence-electron chi connectivity index (χ0n) is 12.0. The van der Waals surface area contributed by atoms with Gasteiger partial charge in [-0.3, -0.25) is 14.9 Å². The number of fused-ring (bicyclic) bond motifs is 1. The van der Waals surface area contributed by atoms with Gasteiger partial charge in [0.15, 0.2) is 0 Å². The minimum Gasteiger partial charge on any atom is -0.434 e. The molecule has 3 rings (SSSR count). The molecule has 7 nitrogen and oxygen atoms in total. The molecule has 0 bridgehead atoms. The van der Waals surface area contributed by atoms with E-state index >= 15 is 0 Å². The first-order valence-corrected chi connectivity index (χ1v) is 7.14. The molecule has 0 N–H and O–H groups in total. The van der Waals surface area contributed by atoms with Crippen LogP contribution in [-0.2, 0) is 4.79 Å². The largest absolute Gasteiger partial charge is 0.434 e. The molecule has 0 fully saturated rings.